The molecule has 98 valence electrons. The fourth-order valence-corrected chi connectivity index (χ4v) is 2.98. The molecule has 1 N–H and O–H groups in total. The van der Waals surface area contributed by atoms with Crippen LogP contribution in [0.1, 0.15) is 31.2 Å². The van der Waals surface area contributed by atoms with Crippen molar-refractivity contribution in [2.75, 3.05) is 0 Å². The van der Waals surface area contributed by atoms with Crippen LogP contribution in [-0.2, 0) is 6.54 Å². The van der Waals surface area contributed by atoms with Crippen LogP contribution in [0.5, 0.6) is 0 Å². The van der Waals surface area contributed by atoms with E-state index in [0.29, 0.717) is 11.5 Å². The Morgan fingerprint density at radius 1 is 1.42 bits per heavy atom. The predicted octanol–water partition coefficient (Wildman–Crippen LogP) is 2.46. The van der Waals surface area contributed by atoms with Gasteiger partial charge >= 0.3 is 0 Å². The first-order chi connectivity index (χ1) is 9.26. The van der Waals surface area contributed by atoms with E-state index in [9.17, 15) is 5.11 Å². The monoisotopic (exact) mass is 255 g/mol. The lowest BCUT2D eigenvalue weighted by Gasteiger charge is -2.26. The minimum absolute atomic E-state index is 0.150. The van der Waals surface area contributed by atoms with Crippen molar-refractivity contribution in [2.45, 2.75) is 38.3 Å². The molecule has 0 aliphatic heterocycles. The van der Waals surface area contributed by atoms with Gasteiger partial charge in [-0.3, -0.25) is 0 Å². The number of nitrogens with zero attached hydrogens (tertiary/aromatic N) is 3. The van der Waals surface area contributed by atoms with E-state index < -0.39 is 0 Å². The molecule has 0 bridgehead atoms. The molecule has 1 aromatic carbocycles. The Labute approximate surface area is 112 Å². The Kier molecular flexibility index (Phi) is 3.22. The number of imidazole rings is 1. The number of aromatic nitrogens is 2. The summed E-state index contributed by atoms with van der Waals surface area (Å²) in [7, 11) is 0. The van der Waals surface area contributed by atoms with Crippen molar-refractivity contribution in [3.8, 4) is 6.07 Å². The molecule has 0 amide bonds. The molecule has 2 aromatic rings. The largest absolute Gasteiger partial charge is 0.393 e. The smallest absolute Gasteiger partial charge is 0.0992 e. The van der Waals surface area contributed by atoms with E-state index in [0.717, 1.165) is 43.3 Å². The van der Waals surface area contributed by atoms with Gasteiger partial charge in [0.2, 0.25) is 0 Å². The van der Waals surface area contributed by atoms with Crippen molar-refractivity contribution in [3.05, 3.63) is 30.1 Å². The Hall–Kier alpha value is -1.86. The third-order valence-corrected chi connectivity index (χ3v) is 3.96. The van der Waals surface area contributed by atoms with Crippen LogP contribution in [0.4, 0.5) is 0 Å². The molecular formula is C15H17N3O. The molecule has 4 heteroatoms. The van der Waals surface area contributed by atoms with E-state index in [1.165, 1.54) is 0 Å². The highest BCUT2D eigenvalue weighted by Gasteiger charge is 2.21. The lowest BCUT2D eigenvalue weighted by molar-refractivity contribution is 0.0958. The van der Waals surface area contributed by atoms with Gasteiger partial charge in [-0.15, -0.1) is 0 Å². The average molecular weight is 255 g/mol. The van der Waals surface area contributed by atoms with E-state index in [-0.39, 0.29) is 6.10 Å². The molecule has 3 rings (SSSR count). The molecule has 1 unspecified atom stereocenters. The van der Waals surface area contributed by atoms with Crippen LogP contribution in [0.3, 0.4) is 0 Å². The Morgan fingerprint density at radius 2 is 2.32 bits per heavy atom. The first-order valence-electron chi connectivity index (χ1n) is 6.79. The third kappa shape index (κ3) is 2.47. The van der Waals surface area contributed by atoms with E-state index >= 15 is 0 Å². The second-order valence-electron chi connectivity index (χ2n) is 5.40. The zero-order valence-corrected chi connectivity index (χ0v) is 10.8. The number of aliphatic hydroxyl groups excluding tert-OH is 1. The van der Waals surface area contributed by atoms with Gasteiger partial charge < -0.3 is 9.67 Å². The molecule has 0 radical (unpaired) electrons. The molecule has 1 heterocycles. The SMILES string of the molecule is N#Cc1ccc2ncn(C[C@H]3CCCC(O)C3)c2c1. The number of aliphatic hydroxyl groups is 1. The zero-order chi connectivity index (χ0) is 13.2. The molecule has 1 aromatic heterocycles. The maximum Gasteiger partial charge on any atom is 0.0992 e. The van der Waals surface area contributed by atoms with Crippen molar-refractivity contribution in [3.63, 3.8) is 0 Å². The van der Waals surface area contributed by atoms with Crippen molar-refractivity contribution >= 4 is 11.0 Å². The summed E-state index contributed by atoms with van der Waals surface area (Å²) in [6.07, 6.45) is 5.75. The van der Waals surface area contributed by atoms with Gasteiger partial charge in [-0.25, -0.2) is 4.98 Å². The molecule has 4 nitrogen and oxygen atoms in total. The molecule has 1 aliphatic rings. The Morgan fingerprint density at radius 3 is 3.11 bits per heavy atom. The average Bonchev–Trinajstić information content (AvgIpc) is 2.81. The standard InChI is InChI=1S/C15H17N3O/c16-8-11-4-5-14-15(7-11)18(10-17-14)9-12-2-1-3-13(19)6-12/h4-5,7,10,12-13,19H,1-3,6,9H2/t12-,13?/m0/s1. The molecule has 2 atom stereocenters. The maximum absolute atomic E-state index is 9.74. The van der Waals surface area contributed by atoms with Gasteiger partial charge in [0.15, 0.2) is 0 Å². The van der Waals surface area contributed by atoms with Crippen molar-refractivity contribution in [1.82, 2.24) is 9.55 Å². The van der Waals surface area contributed by atoms with Crippen LogP contribution in [0, 0.1) is 17.2 Å². The minimum atomic E-state index is -0.150. The summed E-state index contributed by atoms with van der Waals surface area (Å²) in [5, 5.41) is 18.7. The van der Waals surface area contributed by atoms with Crippen LogP contribution in [0.15, 0.2) is 24.5 Å². The van der Waals surface area contributed by atoms with Crippen LogP contribution in [-0.4, -0.2) is 20.8 Å². The van der Waals surface area contributed by atoms with Gasteiger partial charge in [-0.1, -0.05) is 6.42 Å². The van der Waals surface area contributed by atoms with Gasteiger partial charge in [-0.05, 0) is 43.4 Å². The summed E-state index contributed by atoms with van der Waals surface area (Å²) in [6.45, 7) is 0.877. The number of hydrogen-bond acceptors (Lipinski definition) is 3. The van der Waals surface area contributed by atoms with Gasteiger partial charge in [-0.2, -0.15) is 5.26 Å². The van der Waals surface area contributed by atoms with Crippen LogP contribution in [0.25, 0.3) is 11.0 Å². The van der Waals surface area contributed by atoms with E-state index in [1.807, 2.05) is 18.5 Å². The Bertz CT molecular complexity index is 626. The normalized spacial score (nSPS) is 23.4. The highest BCUT2D eigenvalue weighted by Crippen LogP contribution is 2.27. The summed E-state index contributed by atoms with van der Waals surface area (Å²) in [5.74, 6) is 0.506. The second kappa shape index (κ2) is 5.02. The van der Waals surface area contributed by atoms with Crippen molar-refractivity contribution in [1.29, 1.82) is 5.26 Å². The van der Waals surface area contributed by atoms with Crippen molar-refractivity contribution in [2.24, 2.45) is 5.92 Å². The zero-order valence-electron chi connectivity index (χ0n) is 10.8. The number of fused-ring (bicyclic) bond motifs is 1. The highest BCUT2D eigenvalue weighted by atomic mass is 16.3. The summed E-state index contributed by atoms with van der Waals surface area (Å²) in [6, 6.07) is 7.74. The highest BCUT2D eigenvalue weighted by molar-refractivity contribution is 5.76. The second-order valence-corrected chi connectivity index (χ2v) is 5.40. The summed E-state index contributed by atoms with van der Waals surface area (Å²) in [5.41, 5.74) is 2.60. The van der Waals surface area contributed by atoms with Crippen molar-refractivity contribution < 1.29 is 5.11 Å². The fraction of sp³-hybridized carbons (Fsp3) is 0.467. The molecule has 19 heavy (non-hydrogen) atoms. The first-order valence-corrected chi connectivity index (χ1v) is 6.79. The molecule has 1 fully saturated rings. The molecule has 1 aliphatic carbocycles. The van der Waals surface area contributed by atoms with Gasteiger partial charge in [0.1, 0.15) is 0 Å². The van der Waals surface area contributed by atoms with Gasteiger partial charge in [0, 0.05) is 6.54 Å². The summed E-state index contributed by atoms with van der Waals surface area (Å²) >= 11 is 0. The number of nitriles is 1. The Balaban J connectivity index is 1.86. The van der Waals surface area contributed by atoms with Gasteiger partial charge in [0.25, 0.3) is 0 Å². The lowest BCUT2D eigenvalue weighted by atomic mass is 9.87. The molecule has 0 saturated heterocycles. The lowest BCUT2D eigenvalue weighted by Crippen LogP contribution is -2.22. The van der Waals surface area contributed by atoms with E-state index in [4.69, 9.17) is 5.26 Å². The fourth-order valence-electron chi connectivity index (χ4n) is 2.98. The minimum Gasteiger partial charge on any atom is -0.393 e. The summed E-state index contributed by atoms with van der Waals surface area (Å²) < 4.78 is 2.11. The maximum atomic E-state index is 9.74. The number of rotatable bonds is 2. The van der Waals surface area contributed by atoms with Crippen LogP contribution >= 0.6 is 0 Å². The topological polar surface area (TPSA) is 61.8 Å². The van der Waals surface area contributed by atoms with Crippen LogP contribution < -0.4 is 0 Å². The van der Waals surface area contributed by atoms with E-state index in [1.54, 1.807) is 6.07 Å². The third-order valence-electron chi connectivity index (χ3n) is 3.96. The number of benzene rings is 1. The summed E-state index contributed by atoms with van der Waals surface area (Å²) in [4.78, 5) is 4.37. The quantitative estimate of drug-likeness (QED) is 0.896. The molecule has 1 saturated carbocycles. The van der Waals surface area contributed by atoms with Gasteiger partial charge in [0.05, 0.1) is 35.1 Å². The number of hydrogen-bond donors (Lipinski definition) is 1. The van der Waals surface area contributed by atoms with E-state index in [2.05, 4.69) is 15.6 Å². The molecule has 0 spiro atoms. The molecular weight excluding hydrogens is 238 g/mol. The predicted molar refractivity (Wildman–Crippen MR) is 72.4 cm³/mol. The van der Waals surface area contributed by atoms with Crippen LogP contribution in [0.2, 0.25) is 0 Å². The first kappa shape index (κ1) is 12.2.